The second kappa shape index (κ2) is 8.83. The van der Waals surface area contributed by atoms with Crippen molar-refractivity contribution in [2.24, 2.45) is 0 Å². The molecule has 0 saturated heterocycles. The van der Waals surface area contributed by atoms with Crippen LogP contribution >= 0.6 is 11.7 Å². The molecule has 1 aliphatic heterocycles. The topological polar surface area (TPSA) is 115 Å². The van der Waals surface area contributed by atoms with E-state index in [-0.39, 0.29) is 18.7 Å². The van der Waals surface area contributed by atoms with Crippen molar-refractivity contribution in [2.45, 2.75) is 19.0 Å². The fourth-order valence-corrected chi connectivity index (χ4v) is 4.36. The van der Waals surface area contributed by atoms with E-state index >= 15 is 0 Å². The zero-order valence-corrected chi connectivity index (χ0v) is 18.1. The van der Waals surface area contributed by atoms with Crippen molar-refractivity contribution in [3.63, 3.8) is 0 Å². The van der Waals surface area contributed by atoms with E-state index in [2.05, 4.69) is 14.1 Å². The molecular weight excluding hydrogens is 444 g/mol. The molecule has 3 heterocycles. The van der Waals surface area contributed by atoms with Gasteiger partial charge >= 0.3 is 5.97 Å². The molecule has 10 heteroatoms. The van der Waals surface area contributed by atoms with E-state index in [0.717, 1.165) is 22.9 Å². The molecule has 2 aromatic carbocycles. The number of hydrogen-bond acceptors (Lipinski definition) is 8. The maximum absolute atomic E-state index is 13.0. The number of ether oxygens (including phenoxy) is 1. The van der Waals surface area contributed by atoms with Crippen molar-refractivity contribution in [1.29, 1.82) is 0 Å². The number of nitrogens with one attached hydrogen (secondary N) is 1. The van der Waals surface area contributed by atoms with Crippen LogP contribution in [0.15, 0.2) is 65.3 Å². The van der Waals surface area contributed by atoms with E-state index in [9.17, 15) is 14.4 Å². The molecule has 0 spiro atoms. The molecule has 0 saturated carbocycles. The Morgan fingerprint density at radius 2 is 1.91 bits per heavy atom. The molecule has 1 aliphatic rings. The first kappa shape index (κ1) is 20.8. The standard InChI is InChI=1S/C23H18N4O5S/c28-20(24-16-7-3-8-17-21(16)26-33-25-17)13-32-23(30)18-11-14-5-1-2-6-15(14)12-27(18)22(29)19-9-4-10-31-19/h1-10,18H,11-13H2,(H,24,28). The molecule has 0 radical (unpaired) electrons. The number of hydrogen-bond donors (Lipinski definition) is 1. The Morgan fingerprint density at radius 3 is 2.73 bits per heavy atom. The summed E-state index contributed by atoms with van der Waals surface area (Å²) < 4.78 is 18.9. The van der Waals surface area contributed by atoms with E-state index in [1.807, 2.05) is 24.3 Å². The number of rotatable bonds is 5. The number of esters is 1. The van der Waals surface area contributed by atoms with Crippen molar-refractivity contribution in [1.82, 2.24) is 13.6 Å². The van der Waals surface area contributed by atoms with Crippen molar-refractivity contribution in [3.05, 3.63) is 77.7 Å². The van der Waals surface area contributed by atoms with Gasteiger partial charge < -0.3 is 19.4 Å². The highest BCUT2D eigenvalue weighted by Gasteiger charge is 2.37. The van der Waals surface area contributed by atoms with Crippen LogP contribution in [0.5, 0.6) is 0 Å². The largest absolute Gasteiger partial charge is 0.459 e. The molecule has 33 heavy (non-hydrogen) atoms. The summed E-state index contributed by atoms with van der Waals surface area (Å²) in [6.45, 7) is -0.256. The van der Waals surface area contributed by atoms with Crippen molar-refractivity contribution >= 4 is 46.2 Å². The summed E-state index contributed by atoms with van der Waals surface area (Å²) in [4.78, 5) is 39.8. The zero-order valence-electron chi connectivity index (χ0n) is 17.3. The lowest BCUT2D eigenvalue weighted by atomic mass is 9.93. The summed E-state index contributed by atoms with van der Waals surface area (Å²) in [7, 11) is 0. The molecule has 4 aromatic rings. The summed E-state index contributed by atoms with van der Waals surface area (Å²) in [6, 6.07) is 15.1. The minimum Gasteiger partial charge on any atom is -0.459 e. The molecule has 5 rings (SSSR count). The highest BCUT2D eigenvalue weighted by atomic mass is 32.1. The normalized spacial score (nSPS) is 15.2. The van der Waals surface area contributed by atoms with E-state index in [1.165, 1.54) is 11.2 Å². The van der Waals surface area contributed by atoms with Gasteiger partial charge in [-0.1, -0.05) is 30.3 Å². The van der Waals surface area contributed by atoms with Crippen LogP contribution in [0.4, 0.5) is 5.69 Å². The van der Waals surface area contributed by atoms with Gasteiger partial charge in [0.15, 0.2) is 12.4 Å². The van der Waals surface area contributed by atoms with Crippen LogP contribution in [0, 0.1) is 0 Å². The summed E-state index contributed by atoms with van der Waals surface area (Å²) >= 11 is 1.05. The van der Waals surface area contributed by atoms with Crippen molar-refractivity contribution < 1.29 is 23.5 Å². The van der Waals surface area contributed by atoms with Gasteiger partial charge in [-0.05, 0) is 35.4 Å². The fourth-order valence-electron chi connectivity index (χ4n) is 3.81. The highest BCUT2D eigenvalue weighted by Crippen LogP contribution is 2.26. The molecule has 0 bridgehead atoms. The van der Waals surface area contributed by atoms with E-state index < -0.39 is 30.4 Å². The quantitative estimate of drug-likeness (QED) is 0.453. The molecule has 9 nitrogen and oxygen atoms in total. The second-order valence-electron chi connectivity index (χ2n) is 7.49. The Balaban J connectivity index is 1.30. The second-order valence-corrected chi connectivity index (χ2v) is 8.02. The molecular formula is C23H18N4O5S. The predicted molar refractivity (Wildman–Crippen MR) is 120 cm³/mol. The average molecular weight is 462 g/mol. The SMILES string of the molecule is O=C(COC(=O)C1Cc2ccccc2CN1C(=O)c1ccco1)Nc1cccc2nsnc12. The number of amides is 2. The summed E-state index contributed by atoms with van der Waals surface area (Å²) in [5, 5.41) is 2.69. The van der Waals surface area contributed by atoms with Crippen LogP contribution in [-0.2, 0) is 27.3 Å². The first-order valence-electron chi connectivity index (χ1n) is 10.2. The number of carbonyl (C=O) groups excluding carboxylic acids is 3. The van der Waals surface area contributed by atoms with E-state index in [4.69, 9.17) is 9.15 Å². The third kappa shape index (κ3) is 4.20. The maximum atomic E-state index is 13.0. The molecule has 166 valence electrons. The lowest BCUT2D eigenvalue weighted by molar-refractivity contribution is -0.152. The van der Waals surface area contributed by atoms with Gasteiger partial charge in [0.1, 0.15) is 17.1 Å². The first-order valence-corrected chi connectivity index (χ1v) is 10.9. The first-order chi connectivity index (χ1) is 16.1. The summed E-state index contributed by atoms with van der Waals surface area (Å²) in [6.07, 6.45) is 1.69. The third-order valence-corrected chi connectivity index (χ3v) is 5.96. The molecule has 1 atom stereocenters. The number of benzene rings is 2. The smallest absolute Gasteiger partial charge is 0.329 e. The van der Waals surface area contributed by atoms with Gasteiger partial charge in [-0.15, -0.1) is 0 Å². The Hall–Kier alpha value is -4.05. The number of furan rings is 1. The number of nitrogens with zero attached hydrogens (tertiary/aromatic N) is 3. The van der Waals surface area contributed by atoms with Gasteiger partial charge in [-0.2, -0.15) is 8.75 Å². The Bertz CT molecular complexity index is 1330. The molecule has 2 aromatic heterocycles. The lowest BCUT2D eigenvalue weighted by Gasteiger charge is -2.34. The van der Waals surface area contributed by atoms with Gasteiger partial charge in [0.25, 0.3) is 11.8 Å². The van der Waals surface area contributed by atoms with E-state index in [1.54, 1.807) is 30.3 Å². The van der Waals surface area contributed by atoms with Crippen LogP contribution in [-0.4, -0.2) is 44.1 Å². The number of aromatic nitrogens is 2. The van der Waals surface area contributed by atoms with Gasteiger partial charge in [-0.3, -0.25) is 9.59 Å². The molecule has 1 N–H and O–H groups in total. The van der Waals surface area contributed by atoms with E-state index in [0.29, 0.717) is 16.7 Å². The van der Waals surface area contributed by atoms with Gasteiger partial charge in [0.05, 0.1) is 23.7 Å². The third-order valence-electron chi connectivity index (χ3n) is 5.42. The monoisotopic (exact) mass is 462 g/mol. The summed E-state index contributed by atoms with van der Waals surface area (Å²) in [5.41, 5.74) is 3.63. The Kier molecular flexibility index (Phi) is 5.57. The Labute approximate surface area is 192 Å². The van der Waals surface area contributed by atoms with Crippen molar-refractivity contribution in [3.8, 4) is 0 Å². The highest BCUT2D eigenvalue weighted by molar-refractivity contribution is 7.00. The minimum absolute atomic E-state index is 0.134. The lowest BCUT2D eigenvalue weighted by Crippen LogP contribution is -2.49. The molecule has 2 amide bonds. The number of fused-ring (bicyclic) bond motifs is 2. The van der Waals surface area contributed by atoms with Gasteiger partial charge in [0, 0.05) is 13.0 Å². The van der Waals surface area contributed by atoms with Crippen LogP contribution < -0.4 is 5.32 Å². The Morgan fingerprint density at radius 1 is 1.06 bits per heavy atom. The average Bonchev–Trinajstić information content (AvgIpc) is 3.54. The van der Waals surface area contributed by atoms with Crippen LogP contribution in [0.1, 0.15) is 21.7 Å². The zero-order chi connectivity index (χ0) is 22.8. The minimum atomic E-state index is -0.878. The van der Waals surface area contributed by atoms with Gasteiger partial charge in [0.2, 0.25) is 0 Å². The number of carbonyl (C=O) groups is 3. The van der Waals surface area contributed by atoms with Crippen LogP contribution in [0.3, 0.4) is 0 Å². The fraction of sp³-hybridized carbons (Fsp3) is 0.174. The maximum Gasteiger partial charge on any atom is 0.329 e. The van der Waals surface area contributed by atoms with Gasteiger partial charge in [-0.25, -0.2) is 4.79 Å². The molecule has 0 aliphatic carbocycles. The van der Waals surface area contributed by atoms with Crippen LogP contribution in [0.25, 0.3) is 11.0 Å². The molecule has 0 fully saturated rings. The summed E-state index contributed by atoms with van der Waals surface area (Å²) in [5.74, 6) is -1.45. The van der Waals surface area contributed by atoms with Crippen molar-refractivity contribution in [2.75, 3.05) is 11.9 Å². The predicted octanol–water partition coefficient (Wildman–Crippen LogP) is 3.03. The van der Waals surface area contributed by atoms with Crippen LogP contribution in [0.2, 0.25) is 0 Å². The molecule has 1 unspecified atom stereocenters. The number of anilines is 1.